The van der Waals surface area contributed by atoms with Crippen LogP contribution in [0.25, 0.3) is 0 Å². The van der Waals surface area contributed by atoms with Crippen LogP contribution in [0.2, 0.25) is 0 Å². The van der Waals surface area contributed by atoms with Gasteiger partial charge in [-0.1, -0.05) is 37.8 Å². The van der Waals surface area contributed by atoms with Crippen molar-refractivity contribution in [3.8, 4) is 0 Å². The fraction of sp³-hybridized carbons (Fsp3) is 0.333. The fourth-order valence-electron chi connectivity index (χ4n) is 0.580. The third kappa shape index (κ3) is 3.77. The minimum absolute atomic E-state index is 0.524. The Kier molecular flexibility index (Phi) is 3.78. The topological polar surface area (TPSA) is 0 Å². The van der Waals surface area contributed by atoms with Crippen molar-refractivity contribution in [3.63, 3.8) is 0 Å². The largest absolute Gasteiger partial charge is 0.103 e. The third-order valence-corrected chi connectivity index (χ3v) is 1.28. The van der Waals surface area contributed by atoms with Crippen molar-refractivity contribution in [2.75, 3.05) is 0 Å². The van der Waals surface area contributed by atoms with E-state index in [9.17, 15) is 0 Å². The second-order valence-electron chi connectivity index (χ2n) is 2.28. The summed E-state index contributed by atoms with van der Waals surface area (Å²) in [4.78, 5) is 0. The van der Waals surface area contributed by atoms with E-state index in [-0.39, 0.29) is 0 Å². The average molecular weight is 122 g/mol. The number of allylic oxidation sites excluding steroid dienone is 3. The Morgan fingerprint density at radius 2 is 2.11 bits per heavy atom. The lowest BCUT2D eigenvalue weighted by atomic mass is 10.0. The lowest BCUT2D eigenvalue weighted by Crippen LogP contribution is -1.88. The Morgan fingerprint density at radius 3 is 2.44 bits per heavy atom. The molecule has 0 spiro atoms. The molecular weight excluding hydrogens is 108 g/mol. The molecule has 0 aliphatic rings. The van der Waals surface area contributed by atoms with E-state index in [0.29, 0.717) is 5.92 Å². The zero-order valence-electron chi connectivity index (χ0n) is 6.06. The van der Waals surface area contributed by atoms with Gasteiger partial charge < -0.3 is 0 Å². The van der Waals surface area contributed by atoms with Crippen LogP contribution in [-0.2, 0) is 0 Å². The van der Waals surface area contributed by atoms with Crippen molar-refractivity contribution in [1.29, 1.82) is 0 Å². The van der Waals surface area contributed by atoms with Crippen LogP contribution in [-0.4, -0.2) is 0 Å². The summed E-state index contributed by atoms with van der Waals surface area (Å²) in [5, 5.41) is 0. The summed E-state index contributed by atoms with van der Waals surface area (Å²) in [6, 6.07) is 0. The number of hydrogen-bond acceptors (Lipinski definition) is 0. The Hall–Kier alpha value is -0.780. The summed E-state index contributed by atoms with van der Waals surface area (Å²) in [6.07, 6.45) is 4.70. The van der Waals surface area contributed by atoms with Crippen LogP contribution in [0.4, 0.5) is 0 Å². The first kappa shape index (κ1) is 8.22. The highest BCUT2D eigenvalue weighted by molar-refractivity contribution is 5.12. The molecule has 0 saturated carbocycles. The van der Waals surface area contributed by atoms with Gasteiger partial charge in [0, 0.05) is 0 Å². The van der Waals surface area contributed by atoms with Crippen molar-refractivity contribution in [2.24, 2.45) is 5.92 Å². The predicted octanol–water partition coefficient (Wildman–Crippen LogP) is 2.94. The molecule has 1 unspecified atom stereocenters. The van der Waals surface area contributed by atoms with E-state index in [0.717, 1.165) is 12.0 Å². The van der Waals surface area contributed by atoms with Gasteiger partial charge in [0.05, 0.1) is 0 Å². The molecule has 0 aliphatic heterocycles. The highest BCUT2D eigenvalue weighted by atomic mass is 14.0. The molecule has 0 aromatic rings. The molecule has 50 valence electrons. The summed E-state index contributed by atoms with van der Waals surface area (Å²) >= 11 is 0. The Morgan fingerprint density at radius 1 is 1.56 bits per heavy atom. The van der Waals surface area contributed by atoms with E-state index < -0.39 is 0 Å². The van der Waals surface area contributed by atoms with E-state index in [4.69, 9.17) is 0 Å². The van der Waals surface area contributed by atoms with Gasteiger partial charge in [-0.15, -0.1) is 6.58 Å². The van der Waals surface area contributed by atoms with Gasteiger partial charge in [0.25, 0.3) is 0 Å². The summed E-state index contributed by atoms with van der Waals surface area (Å²) in [7, 11) is 0. The van der Waals surface area contributed by atoms with Gasteiger partial charge in [-0.25, -0.2) is 0 Å². The molecule has 0 saturated heterocycles. The first-order chi connectivity index (χ1) is 4.20. The van der Waals surface area contributed by atoms with Crippen LogP contribution in [0.3, 0.4) is 0 Å². The molecule has 0 heterocycles. The van der Waals surface area contributed by atoms with Crippen molar-refractivity contribution < 1.29 is 0 Å². The fourth-order valence-corrected chi connectivity index (χ4v) is 0.580. The molecule has 0 N–H and O–H groups in total. The molecule has 0 radical (unpaired) electrons. The molecule has 0 rings (SSSR count). The number of hydrogen-bond donors (Lipinski definition) is 0. The van der Waals surface area contributed by atoms with Gasteiger partial charge in [0.15, 0.2) is 0 Å². The van der Waals surface area contributed by atoms with Crippen LogP contribution in [0.5, 0.6) is 0 Å². The molecule has 0 heteroatoms. The number of rotatable bonds is 4. The molecule has 0 fully saturated rings. The molecule has 0 amide bonds. The molecule has 0 bridgehead atoms. The highest BCUT2D eigenvalue weighted by Crippen LogP contribution is 2.09. The lowest BCUT2D eigenvalue weighted by Gasteiger charge is -2.02. The summed E-state index contributed by atoms with van der Waals surface area (Å²) in [5.74, 6) is 0.524. The molecule has 1 atom stereocenters. The van der Waals surface area contributed by atoms with E-state index in [1.807, 2.05) is 6.08 Å². The third-order valence-electron chi connectivity index (χ3n) is 1.28. The van der Waals surface area contributed by atoms with Crippen molar-refractivity contribution >= 4 is 0 Å². The predicted molar refractivity (Wildman–Crippen MR) is 43.3 cm³/mol. The molecular formula is C9H14. The van der Waals surface area contributed by atoms with Crippen LogP contribution in [0, 0.1) is 5.92 Å². The van der Waals surface area contributed by atoms with E-state index in [2.05, 4.69) is 26.7 Å². The van der Waals surface area contributed by atoms with Crippen molar-refractivity contribution in [1.82, 2.24) is 0 Å². The highest BCUT2D eigenvalue weighted by Gasteiger charge is 1.94. The van der Waals surface area contributed by atoms with Crippen LogP contribution >= 0.6 is 0 Å². The summed E-state index contributed by atoms with van der Waals surface area (Å²) < 4.78 is 0. The van der Waals surface area contributed by atoms with Crippen LogP contribution in [0.1, 0.15) is 13.3 Å². The SMILES string of the molecule is C=CC(=C)CC(C)C=C. The second-order valence-corrected chi connectivity index (χ2v) is 2.28. The maximum atomic E-state index is 3.80. The normalized spacial score (nSPS) is 12.1. The Balaban J connectivity index is 3.58. The first-order valence-corrected chi connectivity index (χ1v) is 3.13. The quantitative estimate of drug-likeness (QED) is 0.397. The van der Waals surface area contributed by atoms with Gasteiger partial charge >= 0.3 is 0 Å². The Bertz CT molecular complexity index is 120. The minimum Gasteiger partial charge on any atom is -0.103 e. The molecule has 0 aromatic heterocycles. The van der Waals surface area contributed by atoms with Gasteiger partial charge in [-0.3, -0.25) is 0 Å². The standard InChI is InChI=1S/C9H14/c1-5-8(3)7-9(4)6-2/h5-6,9H,1-3,7H2,4H3. The average Bonchev–Trinajstić information content (AvgIpc) is 1.87. The molecule has 0 nitrogen and oxygen atoms in total. The molecule has 0 aliphatic carbocycles. The maximum Gasteiger partial charge on any atom is -0.0224 e. The molecule has 9 heavy (non-hydrogen) atoms. The molecule has 0 aromatic carbocycles. The van der Waals surface area contributed by atoms with Crippen LogP contribution < -0.4 is 0 Å². The minimum atomic E-state index is 0.524. The zero-order chi connectivity index (χ0) is 7.28. The van der Waals surface area contributed by atoms with E-state index in [1.165, 1.54) is 0 Å². The zero-order valence-corrected chi connectivity index (χ0v) is 6.06. The first-order valence-electron chi connectivity index (χ1n) is 3.13. The van der Waals surface area contributed by atoms with Gasteiger partial charge in [-0.05, 0) is 12.3 Å². The van der Waals surface area contributed by atoms with Crippen LogP contribution in [0.15, 0.2) is 37.5 Å². The lowest BCUT2D eigenvalue weighted by molar-refractivity contribution is 0.730. The summed E-state index contributed by atoms with van der Waals surface area (Å²) in [5.41, 5.74) is 1.09. The van der Waals surface area contributed by atoms with Crippen molar-refractivity contribution in [2.45, 2.75) is 13.3 Å². The maximum absolute atomic E-state index is 3.80. The Labute approximate surface area is 57.6 Å². The van der Waals surface area contributed by atoms with E-state index >= 15 is 0 Å². The summed E-state index contributed by atoms with van der Waals surface area (Å²) in [6.45, 7) is 13.2. The van der Waals surface area contributed by atoms with Crippen molar-refractivity contribution in [3.05, 3.63) is 37.5 Å². The van der Waals surface area contributed by atoms with Gasteiger partial charge in [0.2, 0.25) is 0 Å². The smallest absolute Gasteiger partial charge is 0.0224 e. The van der Waals surface area contributed by atoms with Gasteiger partial charge in [-0.2, -0.15) is 0 Å². The second kappa shape index (κ2) is 4.13. The monoisotopic (exact) mass is 122 g/mol. The van der Waals surface area contributed by atoms with E-state index in [1.54, 1.807) is 6.08 Å². The van der Waals surface area contributed by atoms with Gasteiger partial charge in [0.1, 0.15) is 0 Å².